The molecule has 1 unspecified atom stereocenters. The maximum Gasteiger partial charge on any atom is 2.00 e. The van der Waals surface area contributed by atoms with Crippen molar-refractivity contribution < 1.29 is 25.8 Å². The van der Waals surface area contributed by atoms with E-state index in [1.54, 1.807) is 0 Å². The monoisotopic (exact) mass is 857 g/mol. The molecule has 1 aliphatic rings. The van der Waals surface area contributed by atoms with Crippen molar-refractivity contribution in [3.63, 3.8) is 0 Å². The molecule has 0 N–H and O–H groups in total. The van der Waals surface area contributed by atoms with Crippen LogP contribution < -0.4 is 4.74 Å². The van der Waals surface area contributed by atoms with Gasteiger partial charge in [-0.15, -0.1) is 41.3 Å². The van der Waals surface area contributed by atoms with Crippen LogP contribution in [0.15, 0.2) is 78.5 Å². The van der Waals surface area contributed by atoms with Gasteiger partial charge in [0.15, 0.2) is 0 Å². The van der Waals surface area contributed by atoms with Crippen molar-refractivity contribution in [2.24, 2.45) is 11.8 Å². The van der Waals surface area contributed by atoms with E-state index in [9.17, 15) is 0 Å². The summed E-state index contributed by atoms with van der Waals surface area (Å²) in [6, 6.07) is 28.5. The molecule has 6 heteroatoms. The van der Waals surface area contributed by atoms with Crippen LogP contribution in [0.5, 0.6) is 11.5 Å². The number of ether oxygens (including phenoxy) is 1. The van der Waals surface area contributed by atoms with Gasteiger partial charge in [-0.05, 0) is 84.7 Å². The SMILES string of the molecule is CC1=C[C@H](C)C[C@H](C)C1c1c(C)nn(-c2[c-]c(Oc3[c-]c4c(cc3)c3ccccc3n4-c3cc(C(C)(C)C)ccn3)cc(C(C)(C)C)c2)c1C.[Pt+2]. The van der Waals surface area contributed by atoms with Gasteiger partial charge in [-0.2, -0.15) is 11.2 Å². The van der Waals surface area contributed by atoms with Crippen molar-refractivity contribution in [2.75, 3.05) is 0 Å². The number of benzene rings is 3. The van der Waals surface area contributed by atoms with E-state index in [1.807, 2.05) is 12.3 Å². The molecule has 0 aliphatic heterocycles. The van der Waals surface area contributed by atoms with Gasteiger partial charge in [0.2, 0.25) is 0 Å². The molecule has 0 bridgehead atoms. The van der Waals surface area contributed by atoms with Gasteiger partial charge in [-0.25, -0.2) is 4.98 Å². The van der Waals surface area contributed by atoms with Crippen LogP contribution in [0.2, 0.25) is 0 Å². The third-order valence-corrected chi connectivity index (χ3v) is 10.6. The molecule has 3 atom stereocenters. The first-order valence-corrected chi connectivity index (χ1v) is 18.0. The molecular formula is C45H50N4OPt. The summed E-state index contributed by atoms with van der Waals surface area (Å²) in [5, 5.41) is 7.40. The number of allylic oxidation sites excluding steroid dienone is 2. The first-order chi connectivity index (χ1) is 23.6. The average molecular weight is 858 g/mol. The van der Waals surface area contributed by atoms with Crippen molar-refractivity contribution in [2.45, 2.75) is 99.3 Å². The molecule has 3 heterocycles. The van der Waals surface area contributed by atoms with Gasteiger partial charge in [0.05, 0.1) is 5.69 Å². The molecule has 7 rings (SSSR count). The molecule has 0 saturated heterocycles. The van der Waals surface area contributed by atoms with Crippen molar-refractivity contribution in [1.82, 2.24) is 19.3 Å². The Hall–Kier alpha value is -3.95. The van der Waals surface area contributed by atoms with Crippen LogP contribution in [-0.2, 0) is 31.9 Å². The fourth-order valence-electron chi connectivity index (χ4n) is 8.07. The second-order valence-corrected chi connectivity index (χ2v) is 16.6. The number of hydrogen-bond acceptors (Lipinski definition) is 3. The summed E-state index contributed by atoms with van der Waals surface area (Å²) in [7, 11) is 0. The molecule has 0 radical (unpaired) electrons. The van der Waals surface area contributed by atoms with Gasteiger partial charge in [0, 0.05) is 40.4 Å². The Bertz CT molecular complexity index is 2280. The average Bonchev–Trinajstić information content (AvgIpc) is 3.52. The van der Waals surface area contributed by atoms with E-state index >= 15 is 0 Å². The third-order valence-electron chi connectivity index (χ3n) is 10.6. The van der Waals surface area contributed by atoms with Gasteiger partial charge in [-0.1, -0.05) is 90.8 Å². The standard InChI is InChI=1S/C45H50N4O.Pt/c1-27-20-28(2)42(29(3)21-27)43-30(4)47-49(31(43)5)34-22-33(45(9,10)11)23-36(25-34)50-35-16-17-38-37-14-12-13-15-39(37)48(40(38)26-35)41-24-32(18-19-46-41)44(6,7)8;/h12-20,22-24,27,29,42H,21H2,1-11H3;/q-2;+2/t27-,29-,42?;/m0./s1. The number of fused-ring (bicyclic) bond motifs is 3. The third kappa shape index (κ3) is 6.87. The second-order valence-electron chi connectivity index (χ2n) is 16.6. The van der Waals surface area contributed by atoms with E-state index in [0.717, 1.165) is 50.3 Å². The number of para-hydroxylation sites is 1. The first-order valence-electron chi connectivity index (χ1n) is 18.0. The molecule has 3 aromatic heterocycles. The molecule has 0 spiro atoms. The smallest absolute Gasteiger partial charge is 0.509 e. The number of rotatable bonds is 5. The van der Waals surface area contributed by atoms with Crippen LogP contribution in [-0.4, -0.2) is 19.3 Å². The van der Waals surface area contributed by atoms with Gasteiger partial charge in [0.25, 0.3) is 0 Å². The predicted octanol–water partition coefficient (Wildman–Crippen LogP) is 11.7. The molecule has 5 nitrogen and oxygen atoms in total. The van der Waals surface area contributed by atoms with E-state index in [2.05, 4.69) is 158 Å². The minimum absolute atomic E-state index is 0. The van der Waals surface area contributed by atoms with Crippen LogP contribution in [0.1, 0.15) is 103 Å². The van der Waals surface area contributed by atoms with E-state index < -0.39 is 0 Å². The van der Waals surface area contributed by atoms with Crippen LogP contribution in [0.3, 0.4) is 0 Å². The fourth-order valence-corrected chi connectivity index (χ4v) is 8.07. The Morgan fingerprint density at radius 3 is 2.24 bits per heavy atom. The molecule has 3 aromatic carbocycles. The molecule has 1 aliphatic carbocycles. The van der Waals surface area contributed by atoms with Gasteiger partial charge in [0.1, 0.15) is 5.82 Å². The van der Waals surface area contributed by atoms with Crippen molar-refractivity contribution in [1.29, 1.82) is 0 Å². The van der Waals surface area contributed by atoms with Crippen LogP contribution >= 0.6 is 0 Å². The predicted molar refractivity (Wildman–Crippen MR) is 206 cm³/mol. The zero-order valence-corrected chi connectivity index (χ0v) is 34.2. The number of nitrogens with zero attached hydrogens (tertiary/aromatic N) is 4. The molecule has 0 saturated carbocycles. The van der Waals surface area contributed by atoms with Crippen LogP contribution in [0.4, 0.5) is 0 Å². The molecular weight excluding hydrogens is 808 g/mol. The number of aromatic nitrogens is 4. The minimum Gasteiger partial charge on any atom is -0.509 e. The van der Waals surface area contributed by atoms with Crippen molar-refractivity contribution >= 4 is 21.8 Å². The Balaban J connectivity index is 0.00000448. The van der Waals surface area contributed by atoms with Crippen LogP contribution in [0.25, 0.3) is 33.3 Å². The van der Waals surface area contributed by atoms with E-state index in [-0.39, 0.29) is 31.9 Å². The van der Waals surface area contributed by atoms with E-state index in [1.165, 1.54) is 23.1 Å². The molecule has 6 aromatic rings. The number of pyridine rings is 1. The summed E-state index contributed by atoms with van der Waals surface area (Å²) < 4.78 is 11.0. The molecule has 51 heavy (non-hydrogen) atoms. The summed E-state index contributed by atoms with van der Waals surface area (Å²) in [4.78, 5) is 4.84. The zero-order chi connectivity index (χ0) is 35.7. The summed E-state index contributed by atoms with van der Waals surface area (Å²) in [5.41, 5.74) is 10.2. The molecule has 266 valence electrons. The first kappa shape index (κ1) is 36.8. The summed E-state index contributed by atoms with van der Waals surface area (Å²) in [6.07, 6.45) is 5.54. The maximum absolute atomic E-state index is 6.69. The van der Waals surface area contributed by atoms with Gasteiger partial charge < -0.3 is 9.30 Å². The largest absolute Gasteiger partial charge is 2.00 e. The van der Waals surface area contributed by atoms with Crippen molar-refractivity contribution in [3.05, 3.63) is 119 Å². The Morgan fingerprint density at radius 2 is 1.53 bits per heavy atom. The zero-order valence-electron chi connectivity index (χ0n) is 31.9. The second kappa shape index (κ2) is 13.5. The maximum atomic E-state index is 6.69. The quantitative estimate of drug-likeness (QED) is 0.128. The molecule has 0 fully saturated rings. The van der Waals surface area contributed by atoms with E-state index in [4.69, 9.17) is 14.8 Å². The van der Waals surface area contributed by atoms with E-state index in [0.29, 0.717) is 29.3 Å². The Morgan fingerprint density at radius 1 is 0.804 bits per heavy atom. The Kier molecular flexibility index (Phi) is 9.78. The van der Waals surface area contributed by atoms with Gasteiger partial charge >= 0.3 is 21.1 Å². The minimum atomic E-state index is -0.113. The normalized spacial score (nSPS) is 18.2. The topological polar surface area (TPSA) is 44.9 Å². The Labute approximate surface area is 318 Å². The summed E-state index contributed by atoms with van der Waals surface area (Å²) in [5.74, 6) is 3.67. The van der Waals surface area contributed by atoms with Gasteiger partial charge in [-0.3, -0.25) is 4.68 Å². The fraction of sp³-hybridized carbons (Fsp3) is 0.378. The van der Waals surface area contributed by atoms with Crippen molar-refractivity contribution in [3.8, 4) is 23.0 Å². The number of aryl methyl sites for hydroxylation is 1. The summed E-state index contributed by atoms with van der Waals surface area (Å²) in [6.45, 7) is 24.7. The molecule has 0 amide bonds. The number of hydrogen-bond donors (Lipinski definition) is 0. The van der Waals surface area contributed by atoms with Crippen LogP contribution in [0, 0.1) is 37.8 Å². The summed E-state index contributed by atoms with van der Waals surface area (Å²) >= 11 is 0.